The summed E-state index contributed by atoms with van der Waals surface area (Å²) in [5, 5.41) is 27.7. The molecule has 13 nitrogen and oxygen atoms in total. The van der Waals surface area contributed by atoms with Gasteiger partial charge in [-0.25, -0.2) is 9.59 Å². The molecular formula is C43H47N5O8. The molecule has 3 atom stereocenters. The van der Waals surface area contributed by atoms with E-state index in [1.807, 2.05) is 54.6 Å². The number of piperidine rings is 3. The number of nitrogens with zero attached hydrogens (tertiary/aromatic N) is 2. The van der Waals surface area contributed by atoms with E-state index in [9.17, 15) is 24.6 Å². The second kappa shape index (κ2) is 18.2. The third kappa shape index (κ3) is 9.72. The molecule has 56 heavy (non-hydrogen) atoms. The molecular weight excluding hydrogens is 714 g/mol. The monoisotopic (exact) mass is 761 g/mol. The predicted molar refractivity (Wildman–Crippen MR) is 209 cm³/mol. The fourth-order valence-electron chi connectivity index (χ4n) is 7.47. The van der Waals surface area contributed by atoms with E-state index in [0.29, 0.717) is 53.1 Å². The Kier molecular flexibility index (Phi) is 12.6. The maximum Gasteiger partial charge on any atom is 0.408 e. The van der Waals surface area contributed by atoms with Crippen molar-refractivity contribution in [3.63, 3.8) is 0 Å². The van der Waals surface area contributed by atoms with Crippen LogP contribution in [-0.4, -0.2) is 82.6 Å². The fraction of sp³-hybridized carbons (Fsp3) is 0.349. The van der Waals surface area contributed by atoms with Gasteiger partial charge in [-0.2, -0.15) is 0 Å². The number of benzene rings is 3. The number of carbonyl (C=O) groups excluding carboxylic acids is 2. The number of aromatic hydroxyl groups is 1. The minimum absolute atomic E-state index is 0.0598. The number of aromatic amines is 1. The Balaban J connectivity index is 0.866. The maximum absolute atomic E-state index is 13.2. The highest BCUT2D eigenvalue weighted by atomic mass is 16.6. The van der Waals surface area contributed by atoms with E-state index in [4.69, 9.17) is 14.2 Å². The standard InChI is InChI=1S/C43H47N5O8/c49-36-13-11-34(35-12-14-39(51)46-41(35)36)37(50)25-44-17-4-5-20-54-42(52)32-21-28(23-45-24-32)27-55-33-10-6-9-31(22-33)40(30-7-2-1-3-8-30)47-43(53)56-38-26-48-18-15-29(38)16-19-48/h1-3,6-14,21-24,29,37-38,40,44,49-50H,4-5,15-20,25-27H2,(H,46,51)(H,47,53)/t37-,38-,40?/m0/s1. The number of carbonyl (C=O) groups is 2. The van der Waals surface area contributed by atoms with Gasteiger partial charge in [-0.15, -0.1) is 0 Å². The average Bonchev–Trinajstić information content (AvgIpc) is 3.23. The fourth-order valence-corrected chi connectivity index (χ4v) is 7.47. The van der Waals surface area contributed by atoms with Crippen molar-refractivity contribution in [2.75, 3.05) is 39.3 Å². The van der Waals surface area contributed by atoms with Gasteiger partial charge in [0.05, 0.1) is 29.8 Å². The molecule has 0 radical (unpaired) electrons. The van der Waals surface area contributed by atoms with Gasteiger partial charge in [-0.1, -0.05) is 48.5 Å². The molecule has 2 aromatic heterocycles. The summed E-state index contributed by atoms with van der Waals surface area (Å²) in [6.07, 6.45) is 5.14. The molecule has 13 heteroatoms. The largest absolute Gasteiger partial charge is 0.506 e. The quantitative estimate of drug-likeness (QED) is 0.0645. The number of aliphatic hydroxyl groups is 1. The molecule has 3 aromatic carbocycles. The molecule has 5 N–H and O–H groups in total. The number of pyridine rings is 2. The smallest absolute Gasteiger partial charge is 0.408 e. The molecule has 2 bridgehead atoms. The van der Waals surface area contributed by atoms with Crippen molar-refractivity contribution in [1.29, 1.82) is 0 Å². The van der Waals surface area contributed by atoms with Crippen LogP contribution in [0.4, 0.5) is 4.79 Å². The molecule has 3 saturated heterocycles. The third-order valence-electron chi connectivity index (χ3n) is 10.5. The van der Waals surface area contributed by atoms with Crippen LogP contribution < -0.4 is 20.9 Å². The maximum atomic E-state index is 13.2. The number of aliphatic hydroxyl groups excluding tert-OH is 1. The zero-order valence-electron chi connectivity index (χ0n) is 31.1. The number of amides is 1. The van der Waals surface area contributed by atoms with E-state index in [1.165, 1.54) is 18.3 Å². The molecule has 1 unspecified atom stereocenters. The molecule has 1 amide bonds. The summed E-state index contributed by atoms with van der Waals surface area (Å²) >= 11 is 0. The van der Waals surface area contributed by atoms with Crippen LogP contribution in [0.15, 0.2) is 102 Å². The number of H-pyrrole nitrogens is 1. The Morgan fingerprint density at radius 2 is 1.77 bits per heavy atom. The molecule has 8 rings (SSSR count). The Morgan fingerprint density at radius 1 is 0.946 bits per heavy atom. The van der Waals surface area contributed by atoms with Gasteiger partial charge < -0.3 is 40.0 Å². The van der Waals surface area contributed by atoms with Crippen LogP contribution in [0, 0.1) is 5.92 Å². The SMILES string of the molecule is O=C(NC(c1ccccc1)c1cccc(OCc2cncc(C(=O)OCCCCNC[C@H](O)c3ccc(O)c4[nH]c(=O)ccc34)c2)c1)O[C@H]1CN2CCC1CC2. The van der Waals surface area contributed by atoms with E-state index >= 15 is 0 Å². The van der Waals surface area contributed by atoms with Crippen molar-refractivity contribution in [3.05, 3.63) is 135 Å². The number of unbranched alkanes of at least 4 members (excludes halogenated alkanes) is 1. The number of phenols is 1. The predicted octanol–water partition coefficient (Wildman–Crippen LogP) is 5.38. The highest BCUT2D eigenvalue weighted by Crippen LogP contribution is 2.31. The van der Waals surface area contributed by atoms with Gasteiger partial charge in [0, 0.05) is 42.5 Å². The number of nitrogens with one attached hydrogen (secondary N) is 3. The first-order valence-electron chi connectivity index (χ1n) is 19.1. The molecule has 0 spiro atoms. The number of fused-ring (bicyclic) bond motifs is 4. The first-order valence-corrected chi connectivity index (χ1v) is 19.1. The van der Waals surface area contributed by atoms with Gasteiger partial charge in [0.2, 0.25) is 5.56 Å². The summed E-state index contributed by atoms with van der Waals surface area (Å²) in [5.41, 5.74) is 3.31. The lowest BCUT2D eigenvalue weighted by atomic mass is 9.86. The summed E-state index contributed by atoms with van der Waals surface area (Å²) in [5.74, 6) is 0.461. The van der Waals surface area contributed by atoms with Crippen LogP contribution in [0.25, 0.3) is 10.9 Å². The molecule has 3 aliphatic rings. The van der Waals surface area contributed by atoms with Crippen LogP contribution in [0.3, 0.4) is 0 Å². The van der Waals surface area contributed by atoms with E-state index < -0.39 is 24.2 Å². The molecule has 292 valence electrons. The van der Waals surface area contributed by atoms with Crippen LogP contribution in [-0.2, 0) is 16.1 Å². The number of phenolic OH excluding ortho intramolecular Hbond substituents is 1. The molecule has 5 heterocycles. The summed E-state index contributed by atoms with van der Waals surface area (Å²) in [6.45, 7) is 4.16. The van der Waals surface area contributed by atoms with Crippen molar-refractivity contribution in [3.8, 4) is 11.5 Å². The van der Waals surface area contributed by atoms with Crippen molar-refractivity contribution in [2.24, 2.45) is 5.92 Å². The van der Waals surface area contributed by atoms with E-state index in [1.54, 1.807) is 24.4 Å². The van der Waals surface area contributed by atoms with E-state index in [0.717, 1.165) is 43.6 Å². The summed E-state index contributed by atoms with van der Waals surface area (Å²) in [7, 11) is 0. The number of hydrogen-bond donors (Lipinski definition) is 5. The lowest BCUT2D eigenvalue weighted by Crippen LogP contribution is -2.52. The third-order valence-corrected chi connectivity index (χ3v) is 10.5. The van der Waals surface area contributed by atoms with Crippen LogP contribution >= 0.6 is 0 Å². The minimum atomic E-state index is -0.854. The zero-order valence-corrected chi connectivity index (χ0v) is 31.1. The second-order valence-corrected chi connectivity index (χ2v) is 14.4. The Bertz CT molecular complexity index is 2170. The van der Waals surface area contributed by atoms with E-state index in [-0.39, 0.29) is 42.7 Å². The highest BCUT2D eigenvalue weighted by molar-refractivity contribution is 5.89. The molecule has 3 aliphatic heterocycles. The number of esters is 1. The summed E-state index contributed by atoms with van der Waals surface area (Å²) in [4.78, 5) is 46.9. The zero-order chi connectivity index (χ0) is 38.9. The van der Waals surface area contributed by atoms with Crippen molar-refractivity contribution < 1.29 is 34.0 Å². The van der Waals surface area contributed by atoms with Crippen molar-refractivity contribution in [1.82, 2.24) is 25.5 Å². The van der Waals surface area contributed by atoms with Crippen LogP contribution in [0.1, 0.15) is 70.4 Å². The lowest BCUT2D eigenvalue weighted by molar-refractivity contribution is -0.0336. The first-order chi connectivity index (χ1) is 27.3. The molecule has 5 aromatic rings. The topological polar surface area (TPSA) is 175 Å². The summed E-state index contributed by atoms with van der Waals surface area (Å²) < 4.78 is 17.6. The molecule has 0 aliphatic carbocycles. The average molecular weight is 762 g/mol. The first kappa shape index (κ1) is 38.5. The normalized spacial score (nSPS) is 18.6. The van der Waals surface area contributed by atoms with Gasteiger partial charge >= 0.3 is 12.1 Å². The van der Waals surface area contributed by atoms with Crippen LogP contribution in [0.2, 0.25) is 0 Å². The van der Waals surface area contributed by atoms with Gasteiger partial charge in [0.25, 0.3) is 0 Å². The Hall–Kier alpha value is -5.76. The molecule has 3 fully saturated rings. The lowest BCUT2D eigenvalue weighted by Gasteiger charge is -2.43. The number of hydrogen-bond acceptors (Lipinski definition) is 11. The number of rotatable bonds is 16. The van der Waals surface area contributed by atoms with Crippen LogP contribution in [0.5, 0.6) is 11.5 Å². The van der Waals surface area contributed by atoms with Crippen molar-refractivity contribution in [2.45, 2.75) is 50.5 Å². The van der Waals surface area contributed by atoms with Gasteiger partial charge in [-0.3, -0.25) is 14.7 Å². The van der Waals surface area contributed by atoms with E-state index in [2.05, 4.69) is 25.5 Å². The Labute approximate surface area is 324 Å². The summed E-state index contributed by atoms with van der Waals surface area (Å²) in [6, 6.07) is 24.6. The second-order valence-electron chi connectivity index (χ2n) is 14.4. The number of alkyl carbamates (subject to hydrolysis) is 1. The molecule has 0 saturated carbocycles. The minimum Gasteiger partial charge on any atom is -0.506 e. The van der Waals surface area contributed by atoms with Gasteiger partial charge in [0.1, 0.15) is 24.2 Å². The van der Waals surface area contributed by atoms with Gasteiger partial charge in [-0.05, 0) is 98.3 Å². The van der Waals surface area contributed by atoms with Gasteiger partial charge in [0.15, 0.2) is 0 Å². The number of ether oxygens (including phenoxy) is 3. The highest BCUT2D eigenvalue weighted by Gasteiger charge is 2.37. The Morgan fingerprint density at radius 3 is 2.57 bits per heavy atom. The van der Waals surface area contributed by atoms with Crippen molar-refractivity contribution >= 4 is 23.0 Å². The number of aromatic nitrogens is 2.